The second kappa shape index (κ2) is 47.9. The number of guanidine groups is 1. The van der Waals surface area contributed by atoms with Crippen molar-refractivity contribution in [3.05, 3.63) is 36.0 Å². The van der Waals surface area contributed by atoms with E-state index in [1.807, 2.05) is 5.32 Å². The zero-order valence-electron chi connectivity index (χ0n) is 61.7. The lowest BCUT2D eigenvalue weighted by atomic mass is 10.0. The van der Waals surface area contributed by atoms with Crippen LogP contribution >= 0.6 is 11.8 Å². The van der Waals surface area contributed by atoms with Crippen LogP contribution in [0.1, 0.15) is 118 Å². The number of primary amides is 1. The maximum atomic E-state index is 14.5. The van der Waals surface area contributed by atoms with E-state index >= 15 is 0 Å². The lowest BCUT2D eigenvalue weighted by Gasteiger charge is -2.29. The standard InChI is InChI=1S/C66H104N18O25S/c1-29(2)23-35(67)53(96)83-51(31(5)87)63(106)75-39(16-19-49(94)95)56(99)78-42(24-33-26-72-36-12-9-8-11-34(33)36)58(101)84-52(32(6)88)64(107)81-45(28-86)61(104)80-44(27-85)60(103)79-43(25-46(68)89)59(102)82-50(30(3)4)62(105)76-40(20-22-110-7)57(100)74-37(14-17-47(90)91)54(97)73-38(15-18-48(92)93)55(98)77-41(65(108)109)13-10-21-71-66(69)70/h8-9,11-12,26,29-32,35,37-45,50-52,72,85-88H,10,13-25,27-28,67H2,1-7H3,(H2,68,89)(H,73,97)(H,74,100)(H,75,106)(H,76,105)(H,77,98)(H,78,99)(H,79,103)(H,80,104)(H,81,107)(H,82,102)(H,83,96)(H,84,101)(H,90,91)(H,92,93)(H,94,95)(H,108,109)(H4,69,70,71)/t31-,32-,35+,37+,38+,39+,40+,41+,42+,43+,44+,45+,50+,51+,52+/m1/s1. The molecule has 0 bridgehead atoms. The van der Waals surface area contributed by atoms with E-state index in [0.29, 0.717) is 16.5 Å². The van der Waals surface area contributed by atoms with Gasteiger partial charge in [-0.1, -0.05) is 45.9 Å². The summed E-state index contributed by atoms with van der Waals surface area (Å²) in [5.74, 6) is -22.9. The van der Waals surface area contributed by atoms with Gasteiger partial charge in [0.2, 0.25) is 76.8 Å². The number of carboxylic acid groups (broad SMARTS) is 4. The number of carbonyl (C=O) groups excluding carboxylic acids is 13. The maximum absolute atomic E-state index is 14.5. The van der Waals surface area contributed by atoms with Gasteiger partial charge >= 0.3 is 23.9 Å². The summed E-state index contributed by atoms with van der Waals surface area (Å²) in [7, 11) is 0. The molecule has 614 valence electrons. The molecule has 44 heteroatoms. The van der Waals surface area contributed by atoms with Crippen LogP contribution in [0.4, 0.5) is 0 Å². The average molecular weight is 1580 g/mol. The molecule has 43 nitrogen and oxygen atoms in total. The van der Waals surface area contributed by atoms with Crippen molar-refractivity contribution in [3.63, 3.8) is 0 Å². The number of nitrogens with one attached hydrogen (secondary N) is 13. The first kappa shape index (κ1) is 95.2. The van der Waals surface area contributed by atoms with Gasteiger partial charge in [0.05, 0.1) is 37.9 Å². The SMILES string of the molecule is CSCC[C@H](NC(=O)[C@@H](NC(=O)[C@H](CC(N)=O)NC(=O)[C@H](CO)NC(=O)[C@H](CO)NC(=O)[C@@H](NC(=O)[C@H](Cc1c[nH]c2ccccc12)NC(=O)[C@H](CCC(=O)O)NC(=O)[C@@H](NC(=O)[C@@H](N)CC(C)C)[C@@H](C)O)[C@@H](C)O)C(C)C)C(=O)N[C@@H](CCC(=O)O)C(=O)N[C@@H](CCC(=O)O)C(=O)N[C@@H](CCCN=C(N)N)C(=O)O. The predicted octanol–water partition coefficient (Wildman–Crippen LogP) is -8.34. The number of H-pyrrole nitrogens is 1. The zero-order chi connectivity index (χ0) is 83.4. The number of hydrogen-bond acceptors (Lipinski definition) is 24. The number of nitrogens with zero attached hydrogens (tertiary/aromatic N) is 1. The smallest absolute Gasteiger partial charge is 0.326 e. The summed E-state index contributed by atoms with van der Waals surface area (Å²) in [6.45, 7) is 5.91. The summed E-state index contributed by atoms with van der Waals surface area (Å²) in [6, 6.07) is -16.5. The fourth-order valence-corrected chi connectivity index (χ4v) is 11.0. The Bertz CT molecular complexity index is 3570. The second-order valence-electron chi connectivity index (χ2n) is 26.4. The first-order chi connectivity index (χ1) is 51.5. The fraction of sp³-hybridized carbons (Fsp3) is 0.606. The first-order valence-electron chi connectivity index (χ1n) is 34.8. The topological polar surface area (TPSA) is 729 Å². The number of hydrogen-bond donors (Lipinski definition) is 25. The van der Waals surface area contributed by atoms with Crippen molar-refractivity contribution in [2.45, 2.75) is 209 Å². The molecule has 0 saturated carbocycles. The summed E-state index contributed by atoms with van der Waals surface area (Å²) in [6.07, 6.45) is -6.24. The molecule has 0 saturated heterocycles. The molecule has 0 aliphatic heterocycles. The van der Waals surface area contributed by atoms with Crippen LogP contribution in [-0.4, -0.2) is 275 Å². The van der Waals surface area contributed by atoms with Crippen LogP contribution in [0.2, 0.25) is 0 Å². The number of nitrogens with two attached hydrogens (primary N) is 4. The van der Waals surface area contributed by atoms with Crippen LogP contribution < -0.4 is 86.7 Å². The van der Waals surface area contributed by atoms with Gasteiger partial charge in [-0.15, -0.1) is 0 Å². The average Bonchev–Trinajstić information content (AvgIpc) is 1.62. The number of carbonyl (C=O) groups is 17. The Balaban J connectivity index is 2.43. The lowest BCUT2D eigenvalue weighted by molar-refractivity contribution is -0.143. The van der Waals surface area contributed by atoms with Crippen molar-refractivity contribution < 1.29 is 122 Å². The Morgan fingerprint density at radius 2 is 0.836 bits per heavy atom. The van der Waals surface area contributed by atoms with E-state index in [0.717, 1.165) is 13.8 Å². The van der Waals surface area contributed by atoms with Gasteiger partial charge < -0.3 is 133 Å². The minimum Gasteiger partial charge on any atom is -0.481 e. The number of amides is 13. The highest BCUT2D eigenvalue weighted by atomic mass is 32.2. The monoisotopic (exact) mass is 1580 g/mol. The zero-order valence-corrected chi connectivity index (χ0v) is 62.5. The van der Waals surface area contributed by atoms with Gasteiger partial charge in [-0.2, -0.15) is 11.8 Å². The molecule has 2 aromatic rings. The van der Waals surface area contributed by atoms with Crippen molar-refractivity contribution in [2.24, 2.45) is 39.8 Å². The van der Waals surface area contributed by atoms with Gasteiger partial charge in [0.15, 0.2) is 5.96 Å². The van der Waals surface area contributed by atoms with Crippen molar-refractivity contribution in [2.75, 3.05) is 31.8 Å². The third kappa shape index (κ3) is 33.8. The molecule has 0 radical (unpaired) electrons. The number of para-hydroxylation sites is 1. The number of benzene rings is 1. The Morgan fingerprint density at radius 3 is 1.25 bits per heavy atom. The van der Waals surface area contributed by atoms with Crippen LogP contribution in [0.3, 0.4) is 0 Å². The van der Waals surface area contributed by atoms with E-state index in [1.54, 1.807) is 44.4 Å². The van der Waals surface area contributed by atoms with Gasteiger partial charge in [-0.05, 0) is 94.3 Å². The van der Waals surface area contributed by atoms with Crippen molar-refractivity contribution in [3.8, 4) is 0 Å². The van der Waals surface area contributed by atoms with E-state index < -0.39 is 262 Å². The minimum absolute atomic E-state index is 0.0392. The highest BCUT2D eigenvalue weighted by Crippen LogP contribution is 2.20. The molecule has 0 aliphatic carbocycles. The van der Waals surface area contributed by atoms with Gasteiger partial charge in [-0.3, -0.25) is 81.7 Å². The number of thioether (sulfide) groups is 1. The number of aliphatic carboxylic acids is 4. The van der Waals surface area contributed by atoms with Crippen molar-refractivity contribution in [1.82, 2.24) is 68.8 Å². The molecule has 13 amide bonds. The van der Waals surface area contributed by atoms with Crippen molar-refractivity contribution >= 4 is 129 Å². The minimum atomic E-state index is -2.11. The molecule has 2 rings (SSSR count). The first-order valence-corrected chi connectivity index (χ1v) is 36.2. The molecular formula is C66H104N18O25S. The number of rotatable bonds is 52. The summed E-state index contributed by atoms with van der Waals surface area (Å²) in [5.41, 5.74) is 23.0. The summed E-state index contributed by atoms with van der Waals surface area (Å²) >= 11 is 1.18. The maximum Gasteiger partial charge on any atom is 0.326 e. The quantitative estimate of drug-likeness (QED) is 0.0166. The number of aromatic amines is 1. The number of aromatic nitrogens is 1. The highest BCUT2D eigenvalue weighted by Gasteiger charge is 2.40. The predicted molar refractivity (Wildman–Crippen MR) is 390 cm³/mol. The highest BCUT2D eigenvalue weighted by molar-refractivity contribution is 7.98. The van der Waals surface area contributed by atoms with E-state index in [4.69, 9.17) is 22.9 Å². The normalized spacial score (nSPS) is 15.3. The molecule has 0 aliphatic rings. The van der Waals surface area contributed by atoms with Gasteiger partial charge in [0.25, 0.3) is 0 Å². The number of aliphatic imine (C=N–C) groups is 1. The van der Waals surface area contributed by atoms with E-state index in [1.165, 1.54) is 31.8 Å². The van der Waals surface area contributed by atoms with Crippen LogP contribution in [0.15, 0.2) is 35.5 Å². The van der Waals surface area contributed by atoms with Crippen LogP contribution in [0.5, 0.6) is 0 Å². The Labute approximate surface area is 635 Å². The molecule has 1 heterocycles. The van der Waals surface area contributed by atoms with Crippen LogP contribution in [0, 0.1) is 11.8 Å². The molecule has 110 heavy (non-hydrogen) atoms. The summed E-state index contributed by atoms with van der Waals surface area (Å²) in [5, 5.41) is 108. The molecule has 0 spiro atoms. The molecule has 0 fully saturated rings. The molecule has 15 atom stereocenters. The lowest BCUT2D eigenvalue weighted by Crippen LogP contribution is -2.63. The van der Waals surface area contributed by atoms with Crippen LogP contribution in [0.25, 0.3) is 10.9 Å². The Hall–Kier alpha value is -10.8. The summed E-state index contributed by atoms with van der Waals surface area (Å²) < 4.78 is 0. The molecular weight excluding hydrogens is 1480 g/mol. The third-order valence-corrected chi connectivity index (χ3v) is 17.1. The largest absolute Gasteiger partial charge is 0.481 e. The third-order valence-electron chi connectivity index (χ3n) is 16.5. The van der Waals surface area contributed by atoms with Crippen LogP contribution in [-0.2, 0) is 87.9 Å². The van der Waals surface area contributed by atoms with Gasteiger partial charge in [0.1, 0.15) is 72.5 Å². The summed E-state index contributed by atoms with van der Waals surface area (Å²) in [4.78, 5) is 233. The second-order valence-corrected chi connectivity index (χ2v) is 27.4. The van der Waals surface area contributed by atoms with Crippen molar-refractivity contribution in [1.29, 1.82) is 0 Å². The number of aliphatic hydroxyl groups is 4. The van der Waals surface area contributed by atoms with E-state index in [2.05, 4.69) is 68.5 Å². The Morgan fingerprint density at radius 1 is 0.464 bits per heavy atom. The molecule has 29 N–H and O–H groups in total. The van der Waals surface area contributed by atoms with Gasteiger partial charge in [-0.25, -0.2) is 4.79 Å². The number of carboxylic acids is 4. The van der Waals surface area contributed by atoms with E-state index in [-0.39, 0.29) is 49.9 Å². The fourth-order valence-electron chi connectivity index (χ4n) is 10.6. The number of aliphatic hydroxyl groups excluding tert-OH is 4. The Kier molecular flexibility index (Phi) is 41.4. The van der Waals surface area contributed by atoms with E-state index in [9.17, 15) is 122 Å². The van der Waals surface area contributed by atoms with Gasteiger partial charge in [0, 0.05) is 49.3 Å². The molecule has 1 aromatic carbocycles. The number of fused-ring (bicyclic) bond motifs is 1. The molecule has 1 aromatic heterocycles. The molecule has 0 unspecified atom stereocenters.